The molecule has 2 N–H and O–H groups in total. The van der Waals surface area contributed by atoms with E-state index in [1.54, 1.807) is 6.07 Å². The van der Waals surface area contributed by atoms with E-state index in [1.165, 1.54) is 12.1 Å². The summed E-state index contributed by atoms with van der Waals surface area (Å²) in [5.74, 6) is -0.462. The number of rotatable bonds is 8. The second kappa shape index (κ2) is 9.36. The molecule has 1 aliphatic rings. The van der Waals surface area contributed by atoms with Crippen LogP contribution in [0.5, 0.6) is 0 Å². The number of benzene rings is 2. The summed E-state index contributed by atoms with van der Waals surface area (Å²) in [6, 6.07) is 13.9. The van der Waals surface area contributed by atoms with Gasteiger partial charge in [-0.05, 0) is 50.0 Å². The smallest absolute Gasteiger partial charge is 0.251 e. The highest BCUT2D eigenvalue weighted by Crippen LogP contribution is 2.32. The fourth-order valence-corrected chi connectivity index (χ4v) is 4.12. The number of halogens is 1. The Balaban J connectivity index is 1.24. The largest absolute Gasteiger partial charge is 0.367 e. The number of ether oxygens (including phenoxy) is 1. The van der Waals surface area contributed by atoms with E-state index in [4.69, 9.17) is 15.0 Å². The third kappa shape index (κ3) is 4.68. The number of amides is 1. The number of likely N-dealkylation sites (tertiary alicyclic amines) is 1. The standard InChI is InChI=1S/C23H26FN3O3/c24-18-7-8-19-20(15-18)30-26-21(19)16-9-12-27(13-10-16)11-4-14-29-22(23(25)28)17-5-2-1-3-6-17/h1-3,5-8,15-16,22H,4,9-14H2,(H2,25,28). The van der Waals surface area contributed by atoms with E-state index in [0.29, 0.717) is 18.1 Å². The van der Waals surface area contributed by atoms with Crippen LogP contribution in [0.15, 0.2) is 53.1 Å². The lowest BCUT2D eigenvalue weighted by molar-refractivity contribution is -0.130. The van der Waals surface area contributed by atoms with E-state index in [9.17, 15) is 9.18 Å². The number of fused-ring (bicyclic) bond motifs is 1. The van der Waals surface area contributed by atoms with Crippen molar-refractivity contribution in [1.82, 2.24) is 10.1 Å². The molecule has 1 fully saturated rings. The maximum atomic E-state index is 13.3. The first-order chi connectivity index (χ1) is 14.6. The minimum Gasteiger partial charge on any atom is -0.367 e. The molecule has 3 aromatic rings. The predicted octanol–water partition coefficient (Wildman–Crippen LogP) is 3.78. The minimum atomic E-state index is -0.706. The molecule has 0 bridgehead atoms. The molecule has 1 aromatic heterocycles. The van der Waals surface area contributed by atoms with E-state index in [2.05, 4.69) is 10.1 Å². The van der Waals surface area contributed by atoms with Gasteiger partial charge in [0.05, 0.1) is 5.69 Å². The van der Waals surface area contributed by atoms with Crippen molar-refractivity contribution in [3.05, 3.63) is 65.6 Å². The third-order valence-electron chi connectivity index (χ3n) is 5.70. The number of nitrogens with two attached hydrogens (primary N) is 1. The molecule has 4 rings (SSSR count). The molecule has 158 valence electrons. The summed E-state index contributed by atoms with van der Waals surface area (Å²) in [5.41, 5.74) is 7.71. The van der Waals surface area contributed by atoms with Crippen LogP contribution < -0.4 is 5.73 Å². The molecule has 1 amide bonds. The normalized spacial score (nSPS) is 16.7. The second-order valence-corrected chi connectivity index (χ2v) is 7.74. The fraction of sp³-hybridized carbons (Fsp3) is 0.391. The molecule has 1 saturated heterocycles. The number of nitrogens with zero attached hydrogens (tertiary/aromatic N) is 2. The zero-order valence-electron chi connectivity index (χ0n) is 16.8. The quantitative estimate of drug-likeness (QED) is 0.571. The predicted molar refractivity (Wildman–Crippen MR) is 111 cm³/mol. The molecule has 0 spiro atoms. The number of carbonyl (C=O) groups is 1. The monoisotopic (exact) mass is 411 g/mol. The Bertz CT molecular complexity index is 984. The topological polar surface area (TPSA) is 81.6 Å². The van der Waals surface area contributed by atoms with E-state index in [0.717, 1.165) is 55.5 Å². The number of carbonyl (C=O) groups excluding carboxylic acids is 1. The van der Waals surface area contributed by atoms with Crippen molar-refractivity contribution in [2.24, 2.45) is 5.73 Å². The van der Waals surface area contributed by atoms with Crippen molar-refractivity contribution in [3.63, 3.8) is 0 Å². The molecule has 2 aromatic carbocycles. The molecule has 1 aliphatic heterocycles. The zero-order chi connectivity index (χ0) is 20.9. The van der Waals surface area contributed by atoms with Gasteiger partial charge in [-0.25, -0.2) is 4.39 Å². The van der Waals surface area contributed by atoms with Gasteiger partial charge in [-0.3, -0.25) is 4.79 Å². The Morgan fingerprint density at radius 2 is 2.00 bits per heavy atom. The van der Waals surface area contributed by atoms with E-state index >= 15 is 0 Å². The summed E-state index contributed by atoms with van der Waals surface area (Å²) in [5, 5.41) is 5.11. The SMILES string of the molecule is NC(=O)C(OCCCN1CCC(c2noc3cc(F)ccc23)CC1)c1ccccc1. The van der Waals surface area contributed by atoms with Gasteiger partial charge in [0.25, 0.3) is 5.91 Å². The fourth-order valence-electron chi connectivity index (χ4n) is 4.12. The van der Waals surface area contributed by atoms with Gasteiger partial charge in [-0.1, -0.05) is 35.5 Å². The van der Waals surface area contributed by atoms with Crippen LogP contribution in [0, 0.1) is 5.82 Å². The Morgan fingerprint density at radius 1 is 1.23 bits per heavy atom. The second-order valence-electron chi connectivity index (χ2n) is 7.74. The van der Waals surface area contributed by atoms with Gasteiger partial charge >= 0.3 is 0 Å². The maximum Gasteiger partial charge on any atom is 0.251 e. The molecule has 1 atom stereocenters. The van der Waals surface area contributed by atoms with E-state index in [1.807, 2.05) is 30.3 Å². The molecular weight excluding hydrogens is 385 g/mol. The molecule has 0 aliphatic carbocycles. The van der Waals surface area contributed by atoms with Gasteiger partial charge in [0.1, 0.15) is 5.82 Å². The first-order valence-corrected chi connectivity index (χ1v) is 10.3. The van der Waals surface area contributed by atoms with Crippen LogP contribution in [0.1, 0.15) is 42.5 Å². The summed E-state index contributed by atoms with van der Waals surface area (Å²) >= 11 is 0. The average Bonchev–Trinajstić information content (AvgIpc) is 3.17. The summed E-state index contributed by atoms with van der Waals surface area (Å²) in [6.45, 7) is 3.29. The summed E-state index contributed by atoms with van der Waals surface area (Å²) in [6.07, 6.45) is 2.08. The lowest BCUT2D eigenvalue weighted by Crippen LogP contribution is -2.34. The molecule has 30 heavy (non-hydrogen) atoms. The van der Waals surface area contributed by atoms with Crippen LogP contribution in [-0.2, 0) is 9.53 Å². The van der Waals surface area contributed by atoms with Crippen LogP contribution >= 0.6 is 0 Å². The van der Waals surface area contributed by atoms with E-state index < -0.39 is 12.0 Å². The summed E-state index contributed by atoms with van der Waals surface area (Å²) in [4.78, 5) is 14.1. The van der Waals surface area contributed by atoms with Gasteiger partial charge in [0.2, 0.25) is 0 Å². The van der Waals surface area contributed by atoms with Crippen LogP contribution in [0.2, 0.25) is 0 Å². The molecule has 1 unspecified atom stereocenters. The number of hydrogen-bond acceptors (Lipinski definition) is 5. The van der Waals surface area contributed by atoms with Gasteiger partial charge in [-0.2, -0.15) is 0 Å². The van der Waals surface area contributed by atoms with Crippen LogP contribution in [0.3, 0.4) is 0 Å². The molecule has 7 heteroatoms. The number of primary amides is 1. The Hall–Kier alpha value is -2.77. The molecule has 2 heterocycles. The Kier molecular flexibility index (Phi) is 6.40. The Labute approximate surface area is 174 Å². The van der Waals surface area contributed by atoms with Crippen molar-refractivity contribution in [3.8, 4) is 0 Å². The van der Waals surface area contributed by atoms with Crippen molar-refractivity contribution < 1.29 is 18.4 Å². The van der Waals surface area contributed by atoms with E-state index in [-0.39, 0.29) is 5.82 Å². The third-order valence-corrected chi connectivity index (χ3v) is 5.70. The number of piperidine rings is 1. The van der Waals surface area contributed by atoms with Crippen LogP contribution in [0.4, 0.5) is 4.39 Å². The first kappa shape index (κ1) is 20.5. The van der Waals surface area contributed by atoms with Crippen LogP contribution in [-0.4, -0.2) is 42.2 Å². The van der Waals surface area contributed by atoms with Crippen LogP contribution in [0.25, 0.3) is 11.0 Å². The van der Waals surface area contributed by atoms with Gasteiger partial charge in [0.15, 0.2) is 11.7 Å². The lowest BCUT2D eigenvalue weighted by Gasteiger charge is -2.31. The van der Waals surface area contributed by atoms with Crippen molar-refractivity contribution in [2.75, 3.05) is 26.2 Å². The Morgan fingerprint density at radius 3 is 2.73 bits per heavy atom. The highest BCUT2D eigenvalue weighted by atomic mass is 19.1. The number of aromatic nitrogens is 1. The van der Waals surface area contributed by atoms with Crippen molar-refractivity contribution in [2.45, 2.75) is 31.3 Å². The first-order valence-electron chi connectivity index (χ1n) is 10.3. The minimum absolute atomic E-state index is 0.312. The van der Waals surface area contributed by atoms with Gasteiger partial charge in [-0.15, -0.1) is 0 Å². The average molecular weight is 411 g/mol. The van der Waals surface area contributed by atoms with Crippen molar-refractivity contribution >= 4 is 16.9 Å². The molecule has 0 saturated carbocycles. The molecular formula is C23H26FN3O3. The van der Waals surface area contributed by atoms with Crippen molar-refractivity contribution in [1.29, 1.82) is 0 Å². The number of hydrogen-bond donors (Lipinski definition) is 1. The zero-order valence-corrected chi connectivity index (χ0v) is 16.8. The highest BCUT2D eigenvalue weighted by Gasteiger charge is 2.25. The highest BCUT2D eigenvalue weighted by molar-refractivity contribution is 5.80. The van der Waals surface area contributed by atoms with Gasteiger partial charge in [0, 0.05) is 30.5 Å². The maximum absolute atomic E-state index is 13.3. The molecule has 0 radical (unpaired) electrons. The summed E-state index contributed by atoms with van der Waals surface area (Å²) in [7, 11) is 0. The lowest BCUT2D eigenvalue weighted by atomic mass is 9.91. The molecule has 6 nitrogen and oxygen atoms in total. The summed E-state index contributed by atoms with van der Waals surface area (Å²) < 4.78 is 24.4. The van der Waals surface area contributed by atoms with Gasteiger partial charge < -0.3 is 19.9 Å².